The van der Waals surface area contributed by atoms with Crippen molar-refractivity contribution >= 4 is 23.3 Å². The van der Waals surface area contributed by atoms with Crippen molar-refractivity contribution in [3.05, 3.63) is 33.4 Å². The molecule has 142 valence electrons. The van der Waals surface area contributed by atoms with E-state index in [0.29, 0.717) is 25.3 Å². The van der Waals surface area contributed by atoms with E-state index >= 15 is 0 Å². The fourth-order valence-corrected chi connectivity index (χ4v) is 3.15. The number of likely N-dealkylation sites (tertiary alicyclic amines) is 1. The third-order valence-electron chi connectivity index (χ3n) is 4.67. The minimum absolute atomic E-state index is 0.0838. The molecular weight excluding hydrogens is 338 g/mol. The number of amides is 1. The number of carbonyl (C=O) groups is 2. The van der Waals surface area contributed by atoms with Gasteiger partial charge in [0, 0.05) is 12.6 Å². The molecule has 1 aromatic carbocycles. The van der Waals surface area contributed by atoms with Crippen LogP contribution in [0.15, 0.2) is 12.1 Å². The van der Waals surface area contributed by atoms with Crippen molar-refractivity contribution in [2.45, 2.75) is 33.6 Å². The van der Waals surface area contributed by atoms with Gasteiger partial charge in [0.25, 0.3) is 5.69 Å². The predicted molar refractivity (Wildman–Crippen MR) is 97.0 cm³/mol. The zero-order chi connectivity index (χ0) is 19.3. The molecule has 0 aromatic heterocycles. The predicted octanol–water partition coefficient (Wildman–Crippen LogP) is 2.43. The number of ether oxygens (including phenoxy) is 1. The lowest BCUT2D eigenvalue weighted by molar-refractivity contribution is -0.384. The van der Waals surface area contributed by atoms with Gasteiger partial charge in [-0.1, -0.05) is 6.07 Å². The summed E-state index contributed by atoms with van der Waals surface area (Å²) in [5.41, 5.74) is 1.66. The van der Waals surface area contributed by atoms with Crippen LogP contribution < -0.4 is 5.32 Å². The van der Waals surface area contributed by atoms with E-state index < -0.39 is 4.92 Å². The molecule has 1 N–H and O–H groups in total. The van der Waals surface area contributed by atoms with Crippen LogP contribution in [0.4, 0.5) is 11.4 Å². The summed E-state index contributed by atoms with van der Waals surface area (Å²) < 4.78 is 5.06. The van der Waals surface area contributed by atoms with Crippen molar-refractivity contribution in [1.29, 1.82) is 0 Å². The van der Waals surface area contributed by atoms with Gasteiger partial charge < -0.3 is 10.1 Å². The number of hydrogen-bond donors (Lipinski definition) is 1. The highest BCUT2D eigenvalue weighted by Gasteiger charge is 2.28. The standard InChI is InChI=1S/C18H25N3O5/c1-4-26-18(23)14-6-5-9-20(10-14)11-16(22)19-17-13(3)12(2)7-8-15(17)21(24)25/h7-8,14H,4-6,9-11H2,1-3H3,(H,19,22)/t14-/m1/s1. The molecule has 0 saturated carbocycles. The lowest BCUT2D eigenvalue weighted by atomic mass is 9.98. The number of nitro groups is 1. The summed E-state index contributed by atoms with van der Waals surface area (Å²) in [6.45, 7) is 6.94. The summed E-state index contributed by atoms with van der Waals surface area (Å²) >= 11 is 0. The fraction of sp³-hybridized carbons (Fsp3) is 0.556. The van der Waals surface area contributed by atoms with Crippen LogP contribution in [0.5, 0.6) is 0 Å². The Labute approximate surface area is 152 Å². The van der Waals surface area contributed by atoms with Crippen LogP contribution in [0.1, 0.15) is 30.9 Å². The van der Waals surface area contributed by atoms with E-state index in [1.165, 1.54) is 6.07 Å². The van der Waals surface area contributed by atoms with Crippen molar-refractivity contribution in [1.82, 2.24) is 4.90 Å². The monoisotopic (exact) mass is 363 g/mol. The molecule has 0 unspecified atom stereocenters. The van der Waals surface area contributed by atoms with Crippen LogP contribution >= 0.6 is 0 Å². The molecule has 0 spiro atoms. The molecule has 0 aliphatic carbocycles. The highest BCUT2D eigenvalue weighted by atomic mass is 16.6. The third-order valence-corrected chi connectivity index (χ3v) is 4.67. The molecule has 1 atom stereocenters. The summed E-state index contributed by atoms with van der Waals surface area (Å²) in [7, 11) is 0. The average molecular weight is 363 g/mol. The summed E-state index contributed by atoms with van der Waals surface area (Å²) in [4.78, 5) is 36.9. The first-order valence-electron chi connectivity index (χ1n) is 8.77. The van der Waals surface area contributed by atoms with Gasteiger partial charge in [0.05, 0.1) is 24.0 Å². The SMILES string of the molecule is CCOC(=O)[C@@H]1CCCN(CC(=O)Nc2c([N+](=O)[O-])ccc(C)c2C)C1. The third kappa shape index (κ3) is 4.78. The second kappa shape index (κ2) is 8.75. The first kappa shape index (κ1) is 19.8. The number of nitrogens with zero attached hydrogens (tertiary/aromatic N) is 2. The first-order chi connectivity index (χ1) is 12.3. The maximum Gasteiger partial charge on any atom is 0.310 e. The molecule has 1 aliphatic rings. The molecule has 1 amide bonds. The number of carbonyl (C=O) groups excluding carboxylic acids is 2. The molecule has 0 radical (unpaired) electrons. The second-order valence-corrected chi connectivity index (χ2v) is 6.53. The minimum atomic E-state index is -0.500. The van der Waals surface area contributed by atoms with E-state index in [0.717, 1.165) is 18.4 Å². The van der Waals surface area contributed by atoms with Crippen LogP contribution in [0.25, 0.3) is 0 Å². The minimum Gasteiger partial charge on any atom is -0.466 e. The fourth-order valence-electron chi connectivity index (χ4n) is 3.15. The van der Waals surface area contributed by atoms with Gasteiger partial charge in [-0.25, -0.2) is 0 Å². The number of aryl methyl sites for hydroxylation is 1. The summed E-state index contributed by atoms with van der Waals surface area (Å²) in [5.74, 6) is -0.791. The number of piperidine rings is 1. The summed E-state index contributed by atoms with van der Waals surface area (Å²) in [6, 6.07) is 3.06. The van der Waals surface area contributed by atoms with Crippen LogP contribution in [0.2, 0.25) is 0 Å². The van der Waals surface area contributed by atoms with Crippen LogP contribution in [-0.2, 0) is 14.3 Å². The van der Waals surface area contributed by atoms with E-state index in [-0.39, 0.29) is 35.7 Å². The number of nitro benzene ring substituents is 1. The Hall–Kier alpha value is -2.48. The molecule has 1 heterocycles. The van der Waals surface area contributed by atoms with Crippen LogP contribution in [-0.4, -0.2) is 47.9 Å². The van der Waals surface area contributed by atoms with E-state index in [1.807, 2.05) is 11.8 Å². The highest BCUT2D eigenvalue weighted by Crippen LogP contribution is 2.30. The number of nitrogens with one attached hydrogen (secondary N) is 1. The molecule has 0 bridgehead atoms. The van der Waals surface area contributed by atoms with Crippen LogP contribution in [0, 0.1) is 29.9 Å². The van der Waals surface area contributed by atoms with Gasteiger partial charge in [-0.3, -0.25) is 24.6 Å². The molecule has 2 rings (SSSR count). The van der Waals surface area contributed by atoms with Crippen molar-refractivity contribution in [3.63, 3.8) is 0 Å². The van der Waals surface area contributed by atoms with Gasteiger partial charge in [0.2, 0.25) is 5.91 Å². The maximum atomic E-state index is 12.4. The van der Waals surface area contributed by atoms with Crippen molar-refractivity contribution in [3.8, 4) is 0 Å². The molecule has 1 aliphatic heterocycles. The quantitative estimate of drug-likeness (QED) is 0.473. The van der Waals surface area contributed by atoms with Crippen molar-refractivity contribution in [2.75, 3.05) is 31.6 Å². The molecule has 1 saturated heterocycles. The lowest BCUT2D eigenvalue weighted by Crippen LogP contribution is -2.43. The Balaban J connectivity index is 2.04. The topological polar surface area (TPSA) is 102 Å². The zero-order valence-electron chi connectivity index (χ0n) is 15.4. The number of benzene rings is 1. The molecule has 1 fully saturated rings. The highest BCUT2D eigenvalue weighted by molar-refractivity contribution is 5.95. The summed E-state index contributed by atoms with van der Waals surface area (Å²) in [5, 5.41) is 13.9. The van der Waals surface area contributed by atoms with E-state index in [9.17, 15) is 19.7 Å². The lowest BCUT2D eigenvalue weighted by Gasteiger charge is -2.30. The first-order valence-corrected chi connectivity index (χ1v) is 8.77. The molecule has 8 heteroatoms. The summed E-state index contributed by atoms with van der Waals surface area (Å²) in [6.07, 6.45) is 1.56. The molecule has 8 nitrogen and oxygen atoms in total. The Morgan fingerprint density at radius 1 is 1.38 bits per heavy atom. The Bertz CT molecular complexity index is 704. The van der Waals surface area contributed by atoms with Crippen molar-refractivity contribution in [2.24, 2.45) is 5.92 Å². The molecular formula is C18H25N3O5. The van der Waals surface area contributed by atoms with E-state index in [1.54, 1.807) is 19.9 Å². The van der Waals surface area contributed by atoms with Gasteiger partial charge >= 0.3 is 5.97 Å². The number of esters is 1. The zero-order valence-corrected chi connectivity index (χ0v) is 15.4. The van der Waals surface area contributed by atoms with Gasteiger partial charge in [0.15, 0.2) is 0 Å². The van der Waals surface area contributed by atoms with E-state index in [2.05, 4.69) is 5.32 Å². The second-order valence-electron chi connectivity index (χ2n) is 6.53. The number of hydrogen-bond acceptors (Lipinski definition) is 6. The Morgan fingerprint density at radius 2 is 2.12 bits per heavy atom. The van der Waals surface area contributed by atoms with Gasteiger partial charge in [-0.15, -0.1) is 0 Å². The van der Waals surface area contributed by atoms with Crippen LogP contribution in [0.3, 0.4) is 0 Å². The van der Waals surface area contributed by atoms with E-state index in [4.69, 9.17) is 4.74 Å². The van der Waals surface area contributed by atoms with Gasteiger partial charge in [-0.05, 0) is 51.3 Å². The van der Waals surface area contributed by atoms with Crippen molar-refractivity contribution < 1.29 is 19.2 Å². The normalized spacial score (nSPS) is 17.6. The van der Waals surface area contributed by atoms with Gasteiger partial charge in [0.1, 0.15) is 5.69 Å². The van der Waals surface area contributed by atoms with Gasteiger partial charge in [-0.2, -0.15) is 0 Å². The molecule has 26 heavy (non-hydrogen) atoms. The largest absolute Gasteiger partial charge is 0.466 e. The maximum absolute atomic E-state index is 12.4. The Kier molecular flexibility index (Phi) is 6.68. The molecule has 1 aromatic rings. The average Bonchev–Trinajstić information content (AvgIpc) is 2.59. The number of anilines is 1. The smallest absolute Gasteiger partial charge is 0.310 e. The number of rotatable bonds is 6. The Morgan fingerprint density at radius 3 is 2.77 bits per heavy atom.